The van der Waals surface area contributed by atoms with E-state index in [4.69, 9.17) is 9.72 Å². The molecule has 0 fully saturated rings. The number of fused-ring (bicyclic) bond motifs is 1. The van der Waals surface area contributed by atoms with Gasteiger partial charge in [-0.05, 0) is 60.6 Å². The first-order valence-electron chi connectivity index (χ1n) is 12.5. The second-order valence-corrected chi connectivity index (χ2v) is 9.06. The zero-order valence-corrected chi connectivity index (χ0v) is 21.0. The Labute approximate surface area is 211 Å². The molecule has 186 valence electrons. The van der Waals surface area contributed by atoms with Crippen LogP contribution < -0.4 is 0 Å². The van der Waals surface area contributed by atoms with Crippen LogP contribution in [0, 0.1) is 6.92 Å². The van der Waals surface area contributed by atoms with Crippen molar-refractivity contribution >= 4 is 17.6 Å². The number of carboxylic acids is 1. The van der Waals surface area contributed by atoms with Crippen molar-refractivity contribution in [1.29, 1.82) is 0 Å². The first-order chi connectivity index (χ1) is 17.4. The summed E-state index contributed by atoms with van der Waals surface area (Å²) in [6, 6.07) is 18.5. The highest BCUT2D eigenvalue weighted by molar-refractivity contribution is 5.96. The van der Waals surface area contributed by atoms with Crippen LogP contribution in [0.5, 0.6) is 0 Å². The van der Waals surface area contributed by atoms with Gasteiger partial charge in [-0.2, -0.15) is 0 Å². The number of imidazole rings is 1. The van der Waals surface area contributed by atoms with Gasteiger partial charge in [0, 0.05) is 12.6 Å². The van der Waals surface area contributed by atoms with Crippen LogP contribution in [-0.4, -0.2) is 26.4 Å². The number of carbonyl (C=O) groups excluding carboxylic acids is 1. The monoisotopic (exact) mass is 484 g/mol. The summed E-state index contributed by atoms with van der Waals surface area (Å²) in [7, 11) is 0. The fourth-order valence-corrected chi connectivity index (χ4v) is 4.41. The number of ether oxygens (including phenoxy) is 1. The van der Waals surface area contributed by atoms with E-state index in [-0.39, 0.29) is 11.5 Å². The third kappa shape index (κ3) is 5.33. The predicted molar refractivity (Wildman–Crippen MR) is 140 cm³/mol. The van der Waals surface area contributed by atoms with Crippen LogP contribution in [0.15, 0.2) is 66.9 Å². The van der Waals surface area contributed by atoms with Gasteiger partial charge in [0.05, 0.1) is 17.0 Å². The molecule has 0 bridgehead atoms. The highest BCUT2D eigenvalue weighted by atomic mass is 16.5. The Morgan fingerprint density at radius 1 is 1.00 bits per heavy atom. The van der Waals surface area contributed by atoms with E-state index in [0.717, 1.165) is 53.0 Å². The van der Waals surface area contributed by atoms with Gasteiger partial charge in [-0.15, -0.1) is 0 Å². The molecule has 0 aliphatic heterocycles. The molecule has 0 radical (unpaired) electrons. The molecule has 6 nitrogen and oxygen atoms in total. The van der Waals surface area contributed by atoms with E-state index < -0.39 is 12.1 Å². The van der Waals surface area contributed by atoms with Crippen LogP contribution in [0.1, 0.15) is 78.5 Å². The van der Waals surface area contributed by atoms with Crippen LogP contribution in [0.2, 0.25) is 0 Å². The van der Waals surface area contributed by atoms with Crippen molar-refractivity contribution in [1.82, 2.24) is 9.38 Å². The minimum atomic E-state index is -0.970. The summed E-state index contributed by atoms with van der Waals surface area (Å²) in [6.07, 6.45) is 5.51. The SMILES string of the molecule is CCCCc1cn2c(C(OC(=O)CCC)c3ccc(-c4ccccc4C(=O)O)cc3)ccc(C)c2n1. The van der Waals surface area contributed by atoms with E-state index in [1.165, 1.54) is 0 Å². The molecule has 1 unspecified atom stereocenters. The van der Waals surface area contributed by atoms with E-state index >= 15 is 0 Å². The van der Waals surface area contributed by atoms with Crippen molar-refractivity contribution in [3.05, 3.63) is 94.9 Å². The summed E-state index contributed by atoms with van der Waals surface area (Å²) in [4.78, 5) is 29.2. The van der Waals surface area contributed by atoms with E-state index in [9.17, 15) is 14.7 Å². The van der Waals surface area contributed by atoms with Crippen molar-refractivity contribution < 1.29 is 19.4 Å². The summed E-state index contributed by atoms with van der Waals surface area (Å²) in [5.41, 5.74) is 6.25. The van der Waals surface area contributed by atoms with Gasteiger partial charge in [-0.25, -0.2) is 9.78 Å². The van der Waals surface area contributed by atoms with Crippen LogP contribution in [-0.2, 0) is 16.0 Å². The minimum Gasteiger partial charge on any atom is -0.478 e. The first-order valence-corrected chi connectivity index (χ1v) is 12.5. The predicted octanol–water partition coefficient (Wildman–Crippen LogP) is 6.78. The number of benzene rings is 2. The minimum absolute atomic E-state index is 0.245. The molecule has 36 heavy (non-hydrogen) atoms. The molecule has 2 aromatic heterocycles. The number of aryl methyl sites for hydroxylation is 2. The number of carbonyl (C=O) groups is 2. The Morgan fingerprint density at radius 3 is 2.44 bits per heavy atom. The van der Waals surface area contributed by atoms with Crippen molar-refractivity contribution in [3.63, 3.8) is 0 Å². The Hall–Kier alpha value is -3.93. The molecule has 4 rings (SSSR count). The molecule has 0 saturated carbocycles. The number of pyridine rings is 1. The number of unbranched alkanes of at least 4 members (excludes halogenated alkanes) is 1. The topological polar surface area (TPSA) is 80.9 Å². The number of hydrogen-bond donors (Lipinski definition) is 1. The molecule has 6 heteroatoms. The molecule has 0 amide bonds. The molecule has 0 spiro atoms. The Morgan fingerprint density at radius 2 is 1.75 bits per heavy atom. The van der Waals surface area contributed by atoms with Gasteiger partial charge < -0.3 is 9.84 Å². The van der Waals surface area contributed by atoms with Crippen LogP contribution in [0.4, 0.5) is 0 Å². The first kappa shape index (κ1) is 25.2. The van der Waals surface area contributed by atoms with E-state index in [1.807, 2.05) is 66.9 Å². The normalized spacial score (nSPS) is 12.0. The lowest BCUT2D eigenvalue weighted by Crippen LogP contribution is -2.15. The van der Waals surface area contributed by atoms with Gasteiger partial charge in [0.2, 0.25) is 0 Å². The lowest BCUT2D eigenvalue weighted by atomic mass is 9.96. The van der Waals surface area contributed by atoms with Crippen molar-refractivity contribution in [2.75, 3.05) is 0 Å². The molecule has 1 atom stereocenters. The van der Waals surface area contributed by atoms with Gasteiger partial charge in [-0.1, -0.05) is 68.8 Å². The maximum atomic E-state index is 12.6. The molecule has 0 aliphatic rings. The molecule has 0 aliphatic carbocycles. The molecular weight excluding hydrogens is 452 g/mol. The number of rotatable bonds is 10. The second-order valence-electron chi connectivity index (χ2n) is 9.06. The molecule has 4 aromatic rings. The van der Waals surface area contributed by atoms with Gasteiger partial charge in [0.15, 0.2) is 6.10 Å². The number of esters is 1. The number of aromatic carboxylic acids is 1. The van der Waals surface area contributed by atoms with Crippen LogP contribution >= 0.6 is 0 Å². The number of carboxylic acid groups (broad SMARTS) is 1. The summed E-state index contributed by atoms with van der Waals surface area (Å²) >= 11 is 0. The average molecular weight is 485 g/mol. The van der Waals surface area contributed by atoms with Crippen LogP contribution in [0.25, 0.3) is 16.8 Å². The fourth-order valence-electron chi connectivity index (χ4n) is 4.41. The molecule has 0 saturated heterocycles. The highest BCUT2D eigenvalue weighted by Gasteiger charge is 2.23. The molecular formula is C30H32N2O4. The standard InChI is InChI=1S/C30H32N2O4/c1-4-6-10-23-19-32-26(18-13-20(3)29(32)31-23)28(36-27(33)9-5-2)22-16-14-21(15-17-22)24-11-7-8-12-25(24)30(34)35/h7-8,11-19,28H,4-6,9-10H2,1-3H3,(H,34,35). The van der Waals surface area contributed by atoms with Gasteiger partial charge in [-0.3, -0.25) is 9.20 Å². The maximum absolute atomic E-state index is 12.6. The average Bonchev–Trinajstić information content (AvgIpc) is 3.32. The lowest BCUT2D eigenvalue weighted by molar-refractivity contribution is -0.147. The van der Waals surface area contributed by atoms with Crippen molar-refractivity contribution in [2.24, 2.45) is 0 Å². The summed E-state index contributed by atoms with van der Waals surface area (Å²) in [5.74, 6) is -1.23. The zero-order chi connectivity index (χ0) is 25.7. The molecule has 2 heterocycles. The summed E-state index contributed by atoms with van der Waals surface area (Å²) in [5, 5.41) is 9.58. The Bertz CT molecular complexity index is 1370. The smallest absolute Gasteiger partial charge is 0.336 e. The Kier molecular flexibility index (Phi) is 7.84. The fraction of sp³-hybridized carbons (Fsp3) is 0.300. The summed E-state index contributed by atoms with van der Waals surface area (Å²) in [6.45, 7) is 6.14. The highest BCUT2D eigenvalue weighted by Crippen LogP contribution is 2.32. The van der Waals surface area contributed by atoms with E-state index in [0.29, 0.717) is 18.4 Å². The molecule has 1 N–H and O–H groups in total. The third-order valence-electron chi connectivity index (χ3n) is 6.33. The quantitative estimate of drug-likeness (QED) is 0.251. The number of hydrogen-bond acceptors (Lipinski definition) is 4. The van der Waals surface area contributed by atoms with Crippen LogP contribution in [0.3, 0.4) is 0 Å². The van der Waals surface area contributed by atoms with Gasteiger partial charge >= 0.3 is 11.9 Å². The number of aromatic nitrogens is 2. The van der Waals surface area contributed by atoms with Gasteiger partial charge in [0.1, 0.15) is 5.65 Å². The second kappa shape index (κ2) is 11.2. The molecule has 2 aromatic carbocycles. The van der Waals surface area contributed by atoms with Gasteiger partial charge in [0.25, 0.3) is 0 Å². The van der Waals surface area contributed by atoms with Crippen molar-refractivity contribution in [2.45, 2.75) is 59.0 Å². The third-order valence-corrected chi connectivity index (χ3v) is 6.33. The maximum Gasteiger partial charge on any atom is 0.336 e. The zero-order valence-electron chi connectivity index (χ0n) is 21.0. The summed E-state index contributed by atoms with van der Waals surface area (Å²) < 4.78 is 8.07. The van der Waals surface area contributed by atoms with E-state index in [1.54, 1.807) is 18.2 Å². The van der Waals surface area contributed by atoms with E-state index in [2.05, 4.69) is 6.92 Å². The van der Waals surface area contributed by atoms with Crippen molar-refractivity contribution in [3.8, 4) is 11.1 Å². The Balaban J connectivity index is 1.78. The number of nitrogens with zero attached hydrogens (tertiary/aromatic N) is 2. The largest absolute Gasteiger partial charge is 0.478 e. The lowest BCUT2D eigenvalue weighted by Gasteiger charge is -2.21.